The van der Waals surface area contributed by atoms with Gasteiger partial charge in [0.15, 0.2) is 5.78 Å². The molecule has 4 rings (SSSR count). The summed E-state index contributed by atoms with van der Waals surface area (Å²) in [6, 6.07) is 16.5. The standard InChI is InChI=1S/C21H17N3O6S2/c25-17(23-28)12-24-11-16-10-18(31-21(16)32(24,29)30)22-20(27)15-8-4-7-14(9-15)19(26)13-5-2-1-3-6-13/h1-10,28H,11-12H2,(H,22,27)(H,23,25). The predicted molar refractivity (Wildman–Crippen MR) is 116 cm³/mol. The second-order valence-electron chi connectivity index (χ2n) is 6.96. The minimum absolute atomic E-state index is 0.0338. The number of ketones is 1. The number of nitrogens with one attached hydrogen (secondary N) is 2. The van der Waals surface area contributed by atoms with Crippen LogP contribution < -0.4 is 10.8 Å². The molecule has 2 amide bonds. The van der Waals surface area contributed by atoms with E-state index in [2.05, 4.69) is 5.32 Å². The number of sulfonamides is 1. The summed E-state index contributed by atoms with van der Waals surface area (Å²) in [6.07, 6.45) is 0. The highest BCUT2D eigenvalue weighted by Gasteiger charge is 2.38. The molecule has 0 fully saturated rings. The zero-order chi connectivity index (χ0) is 22.9. The third kappa shape index (κ3) is 4.18. The minimum atomic E-state index is -3.90. The maximum Gasteiger partial charge on any atom is 0.258 e. The van der Waals surface area contributed by atoms with Crippen LogP contribution in [0.2, 0.25) is 0 Å². The average molecular weight is 472 g/mol. The Morgan fingerprint density at radius 2 is 1.66 bits per heavy atom. The molecule has 1 aliphatic heterocycles. The number of anilines is 1. The second kappa shape index (κ2) is 8.63. The lowest BCUT2D eigenvalue weighted by Gasteiger charge is -2.12. The molecule has 1 aliphatic rings. The largest absolute Gasteiger partial charge is 0.314 e. The van der Waals surface area contributed by atoms with E-state index in [-0.39, 0.29) is 22.1 Å². The summed E-state index contributed by atoms with van der Waals surface area (Å²) < 4.78 is 26.1. The van der Waals surface area contributed by atoms with Gasteiger partial charge < -0.3 is 5.32 Å². The molecular weight excluding hydrogens is 454 g/mol. The molecule has 3 N–H and O–H groups in total. The van der Waals surface area contributed by atoms with Gasteiger partial charge in [0, 0.05) is 28.8 Å². The summed E-state index contributed by atoms with van der Waals surface area (Å²) in [7, 11) is -3.90. The molecule has 32 heavy (non-hydrogen) atoms. The van der Waals surface area contributed by atoms with E-state index in [1.54, 1.807) is 48.5 Å². The molecule has 0 atom stereocenters. The lowest BCUT2D eigenvalue weighted by atomic mass is 10.0. The van der Waals surface area contributed by atoms with Crippen LogP contribution in [0.1, 0.15) is 31.8 Å². The first-order valence-electron chi connectivity index (χ1n) is 9.36. The fraction of sp³-hybridized carbons (Fsp3) is 0.0952. The number of hydrogen-bond donors (Lipinski definition) is 3. The molecule has 0 bridgehead atoms. The van der Waals surface area contributed by atoms with Crippen molar-refractivity contribution in [3.63, 3.8) is 0 Å². The first-order valence-corrected chi connectivity index (χ1v) is 11.6. The van der Waals surface area contributed by atoms with Crippen molar-refractivity contribution in [1.29, 1.82) is 0 Å². The fourth-order valence-corrected chi connectivity index (χ4v) is 6.36. The van der Waals surface area contributed by atoms with Gasteiger partial charge in [-0.3, -0.25) is 19.6 Å². The van der Waals surface area contributed by atoms with E-state index in [4.69, 9.17) is 5.21 Å². The van der Waals surface area contributed by atoms with Gasteiger partial charge in [-0.25, -0.2) is 13.9 Å². The van der Waals surface area contributed by atoms with E-state index in [1.807, 2.05) is 0 Å². The van der Waals surface area contributed by atoms with E-state index in [9.17, 15) is 22.8 Å². The van der Waals surface area contributed by atoms with E-state index >= 15 is 0 Å². The van der Waals surface area contributed by atoms with Crippen LogP contribution in [0.4, 0.5) is 5.00 Å². The van der Waals surface area contributed by atoms with Gasteiger partial charge in [-0.05, 0) is 18.2 Å². The molecule has 9 nitrogen and oxygen atoms in total. The van der Waals surface area contributed by atoms with Crippen LogP contribution in [0.15, 0.2) is 64.9 Å². The Kier molecular flexibility index (Phi) is 5.89. The van der Waals surface area contributed by atoms with Crippen LogP contribution in [0.5, 0.6) is 0 Å². The van der Waals surface area contributed by atoms with Crippen LogP contribution >= 0.6 is 11.3 Å². The van der Waals surface area contributed by atoms with Crippen molar-refractivity contribution in [1.82, 2.24) is 9.79 Å². The summed E-state index contributed by atoms with van der Waals surface area (Å²) in [5, 5.41) is 11.6. The van der Waals surface area contributed by atoms with Gasteiger partial charge in [0.05, 0.1) is 11.5 Å². The number of carbonyl (C=O) groups excluding carboxylic acids is 3. The summed E-state index contributed by atoms with van der Waals surface area (Å²) in [4.78, 5) is 36.7. The Hall–Kier alpha value is -3.38. The number of rotatable bonds is 6. The van der Waals surface area contributed by atoms with Crippen LogP contribution in [-0.2, 0) is 21.4 Å². The molecule has 0 spiro atoms. The minimum Gasteiger partial charge on any atom is -0.314 e. The Morgan fingerprint density at radius 1 is 0.969 bits per heavy atom. The normalized spacial score (nSPS) is 14.5. The zero-order valence-electron chi connectivity index (χ0n) is 16.4. The molecule has 2 heterocycles. The van der Waals surface area contributed by atoms with Crippen molar-refractivity contribution in [2.45, 2.75) is 10.8 Å². The molecule has 2 aromatic carbocycles. The Bertz CT molecular complexity index is 1320. The molecule has 0 aliphatic carbocycles. The van der Waals surface area contributed by atoms with Gasteiger partial charge in [0.2, 0.25) is 0 Å². The van der Waals surface area contributed by atoms with Crippen molar-refractivity contribution in [3.8, 4) is 0 Å². The summed E-state index contributed by atoms with van der Waals surface area (Å²) in [5.41, 5.74) is 2.97. The first kappa shape index (κ1) is 21.8. The highest BCUT2D eigenvalue weighted by atomic mass is 32.2. The second-order valence-corrected chi connectivity index (χ2v) is 10.1. The molecule has 3 aromatic rings. The van der Waals surface area contributed by atoms with Crippen molar-refractivity contribution in [3.05, 3.63) is 82.9 Å². The Labute approximate surface area is 187 Å². The zero-order valence-corrected chi connectivity index (χ0v) is 18.1. The van der Waals surface area contributed by atoms with Gasteiger partial charge in [0.25, 0.3) is 21.8 Å². The molecule has 1 aromatic heterocycles. The van der Waals surface area contributed by atoms with E-state index in [0.717, 1.165) is 15.6 Å². The lowest BCUT2D eigenvalue weighted by Crippen LogP contribution is -2.36. The van der Waals surface area contributed by atoms with Crippen LogP contribution in [-0.4, -0.2) is 42.1 Å². The Balaban J connectivity index is 1.50. The molecule has 11 heteroatoms. The third-order valence-corrected chi connectivity index (χ3v) is 8.23. The summed E-state index contributed by atoms with van der Waals surface area (Å²) >= 11 is 0.875. The Morgan fingerprint density at radius 3 is 2.34 bits per heavy atom. The van der Waals surface area contributed by atoms with Gasteiger partial charge >= 0.3 is 0 Å². The number of hydrogen-bond acceptors (Lipinski definition) is 7. The smallest absolute Gasteiger partial charge is 0.258 e. The molecular formula is C21H17N3O6S2. The van der Waals surface area contributed by atoms with Crippen molar-refractivity contribution < 1.29 is 28.0 Å². The number of thiophene rings is 1. The van der Waals surface area contributed by atoms with Gasteiger partial charge in [-0.15, -0.1) is 11.3 Å². The maximum atomic E-state index is 12.7. The first-order chi connectivity index (χ1) is 15.3. The van der Waals surface area contributed by atoms with E-state index in [0.29, 0.717) is 21.7 Å². The summed E-state index contributed by atoms with van der Waals surface area (Å²) in [6.45, 7) is -0.553. The lowest BCUT2D eigenvalue weighted by molar-refractivity contribution is -0.129. The molecule has 164 valence electrons. The third-order valence-electron chi connectivity index (χ3n) is 4.80. The molecule has 0 unspecified atom stereocenters. The van der Waals surface area contributed by atoms with Crippen LogP contribution in [0.3, 0.4) is 0 Å². The highest BCUT2D eigenvalue weighted by Crippen LogP contribution is 2.39. The van der Waals surface area contributed by atoms with Gasteiger partial charge in [0.1, 0.15) is 4.21 Å². The average Bonchev–Trinajstić information content (AvgIpc) is 3.30. The fourth-order valence-electron chi connectivity index (χ4n) is 3.27. The summed E-state index contributed by atoms with van der Waals surface area (Å²) in [5.74, 6) is -1.54. The molecule has 0 saturated carbocycles. The monoisotopic (exact) mass is 471 g/mol. The van der Waals surface area contributed by atoms with Crippen molar-refractivity contribution in [2.24, 2.45) is 0 Å². The van der Waals surface area contributed by atoms with Crippen LogP contribution in [0, 0.1) is 0 Å². The molecule has 0 radical (unpaired) electrons. The van der Waals surface area contributed by atoms with Gasteiger partial charge in [-0.1, -0.05) is 42.5 Å². The number of hydroxylamine groups is 1. The molecule has 0 saturated heterocycles. The quantitative estimate of drug-likeness (QED) is 0.287. The topological polar surface area (TPSA) is 133 Å². The van der Waals surface area contributed by atoms with Crippen LogP contribution in [0.25, 0.3) is 0 Å². The van der Waals surface area contributed by atoms with E-state index < -0.39 is 28.4 Å². The number of nitrogens with zero attached hydrogens (tertiary/aromatic N) is 1. The van der Waals surface area contributed by atoms with E-state index in [1.165, 1.54) is 17.6 Å². The number of carbonyl (C=O) groups is 3. The predicted octanol–water partition coefficient (Wildman–Crippen LogP) is 2.24. The highest BCUT2D eigenvalue weighted by molar-refractivity contribution is 7.91. The SMILES string of the molecule is O=C(CN1Cc2cc(NC(=O)c3cccc(C(=O)c4ccccc4)c3)sc2S1(=O)=O)NO. The number of benzene rings is 2. The van der Waals surface area contributed by atoms with Crippen molar-refractivity contribution in [2.75, 3.05) is 11.9 Å². The number of fused-ring (bicyclic) bond motifs is 1. The number of amides is 2. The van der Waals surface area contributed by atoms with Crippen molar-refractivity contribution >= 4 is 44.0 Å². The maximum absolute atomic E-state index is 12.7. The van der Waals surface area contributed by atoms with Gasteiger partial charge in [-0.2, -0.15) is 4.31 Å².